The Balaban J connectivity index is 1.88. The monoisotopic (exact) mass is 544 g/mol. The van der Waals surface area contributed by atoms with Gasteiger partial charge in [0.2, 0.25) is 0 Å². The second kappa shape index (κ2) is 11.0. The molecular weight excluding hydrogens is 531 g/mol. The van der Waals surface area contributed by atoms with Crippen molar-refractivity contribution in [1.82, 2.24) is 0 Å². The maximum Gasteiger partial charge on any atom is 0.343 e. The molecular formula is C24H15BrCl2N2O4. The van der Waals surface area contributed by atoms with Gasteiger partial charge in [-0.05, 0) is 60.7 Å². The van der Waals surface area contributed by atoms with Crippen LogP contribution in [0.1, 0.15) is 15.9 Å². The van der Waals surface area contributed by atoms with Gasteiger partial charge in [-0.1, -0.05) is 45.2 Å². The van der Waals surface area contributed by atoms with Crippen LogP contribution >= 0.6 is 39.1 Å². The summed E-state index contributed by atoms with van der Waals surface area (Å²) >= 11 is 15.4. The molecule has 1 amide bonds. The smallest absolute Gasteiger partial charge is 0.343 e. The minimum absolute atomic E-state index is 0.154. The van der Waals surface area contributed by atoms with Crippen LogP contribution < -0.4 is 14.8 Å². The summed E-state index contributed by atoms with van der Waals surface area (Å²) in [5.41, 5.74) is 0.680. The van der Waals surface area contributed by atoms with E-state index in [0.29, 0.717) is 21.3 Å². The van der Waals surface area contributed by atoms with E-state index in [2.05, 4.69) is 21.2 Å². The van der Waals surface area contributed by atoms with Gasteiger partial charge in [-0.25, -0.2) is 4.79 Å². The van der Waals surface area contributed by atoms with E-state index in [4.69, 9.17) is 32.7 Å². The Morgan fingerprint density at radius 2 is 1.82 bits per heavy atom. The summed E-state index contributed by atoms with van der Waals surface area (Å²) in [6.45, 7) is 0. The summed E-state index contributed by atoms with van der Waals surface area (Å²) < 4.78 is 11.3. The van der Waals surface area contributed by atoms with Crippen molar-refractivity contribution in [3.63, 3.8) is 0 Å². The summed E-state index contributed by atoms with van der Waals surface area (Å²) in [6.07, 6.45) is 1.31. The summed E-state index contributed by atoms with van der Waals surface area (Å²) in [5, 5.41) is 12.5. The van der Waals surface area contributed by atoms with Crippen LogP contribution in [0, 0.1) is 11.3 Å². The van der Waals surface area contributed by atoms with Crippen LogP contribution in [0.25, 0.3) is 6.08 Å². The highest BCUT2D eigenvalue weighted by Gasteiger charge is 2.16. The average Bonchev–Trinajstić information content (AvgIpc) is 2.81. The fourth-order valence-electron chi connectivity index (χ4n) is 2.71. The quantitative estimate of drug-likeness (QED) is 0.165. The maximum absolute atomic E-state index is 12.7. The molecule has 3 aromatic rings. The van der Waals surface area contributed by atoms with Gasteiger partial charge in [0.15, 0.2) is 0 Å². The van der Waals surface area contributed by atoms with Crippen LogP contribution in [0.5, 0.6) is 11.5 Å². The van der Waals surface area contributed by atoms with Crippen molar-refractivity contribution in [3.05, 3.63) is 91.9 Å². The van der Waals surface area contributed by atoms with Crippen molar-refractivity contribution >= 4 is 62.8 Å². The van der Waals surface area contributed by atoms with E-state index in [1.165, 1.54) is 13.2 Å². The molecule has 0 saturated heterocycles. The lowest BCUT2D eigenvalue weighted by atomic mass is 10.1. The van der Waals surface area contributed by atoms with Crippen molar-refractivity contribution in [2.75, 3.05) is 12.4 Å². The molecule has 0 unspecified atom stereocenters. The highest BCUT2D eigenvalue weighted by atomic mass is 79.9. The molecule has 6 nitrogen and oxygen atoms in total. The summed E-state index contributed by atoms with van der Waals surface area (Å²) in [4.78, 5) is 25.3. The molecule has 0 aliphatic rings. The maximum atomic E-state index is 12.7. The molecule has 0 spiro atoms. The fourth-order valence-corrected chi connectivity index (χ4v) is 3.43. The number of carbonyl (C=O) groups excluding carboxylic acids is 2. The summed E-state index contributed by atoms with van der Waals surface area (Å²) in [5.74, 6) is -0.541. The molecule has 3 aromatic carbocycles. The second-order valence-electron chi connectivity index (χ2n) is 6.53. The number of hydrogen-bond acceptors (Lipinski definition) is 5. The Morgan fingerprint density at radius 3 is 2.48 bits per heavy atom. The number of ether oxygens (including phenoxy) is 2. The highest BCUT2D eigenvalue weighted by molar-refractivity contribution is 9.10. The van der Waals surface area contributed by atoms with Gasteiger partial charge in [-0.2, -0.15) is 5.26 Å². The van der Waals surface area contributed by atoms with E-state index in [1.54, 1.807) is 60.7 Å². The van der Waals surface area contributed by atoms with Gasteiger partial charge in [0.25, 0.3) is 5.91 Å². The molecule has 1 N–H and O–H groups in total. The lowest BCUT2D eigenvalue weighted by Gasteiger charge is -2.10. The Kier molecular flexibility index (Phi) is 8.12. The van der Waals surface area contributed by atoms with Crippen molar-refractivity contribution in [2.45, 2.75) is 0 Å². The lowest BCUT2D eigenvalue weighted by Crippen LogP contribution is -2.14. The predicted octanol–water partition coefficient (Wildman–Crippen LogP) is 6.53. The van der Waals surface area contributed by atoms with Crippen LogP contribution in [-0.2, 0) is 4.79 Å². The van der Waals surface area contributed by atoms with Crippen LogP contribution in [-0.4, -0.2) is 19.0 Å². The van der Waals surface area contributed by atoms with Crippen LogP contribution in [0.2, 0.25) is 10.0 Å². The molecule has 0 radical (unpaired) electrons. The van der Waals surface area contributed by atoms with E-state index >= 15 is 0 Å². The van der Waals surface area contributed by atoms with E-state index in [0.717, 1.165) is 0 Å². The molecule has 0 bridgehead atoms. The van der Waals surface area contributed by atoms with Crippen LogP contribution in [0.15, 0.2) is 70.7 Å². The van der Waals surface area contributed by atoms with Gasteiger partial charge in [0, 0.05) is 10.0 Å². The third-order valence-corrected chi connectivity index (χ3v) is 5.68. The van der Waals surface area contributed by atoms with Crippen molar-refractivity contribution in [2.24, 2.45) is 0 Å². The van der Waals surface area contributed by atoms with Gasteiger partial charge in [-0.3, -0.25) is 4.79 Å². The minimum atomic E-state index is -0.700. The minimum Gasteiger partial charge on any atom is -0.497 e. The van der Waals surface area contributed by atoms with Gasteiger partial charge < -0.3 is 14.8 Å². The third kappa shape index (κ3) is 6.14. The topological polar surface area (TPSA) is 88.4 Å². The number of carbonyl (C=O) groups is 2. The average molecular weight is 546 g/mol. The van der Waals surface area contributed by atoms with Crippen LogP contribution in [0.4, 0.5) is 5.69 Å². The Labute approximate surface area is 208 Å². The zero-order valence-corrected chi connectivity index (χ0v) is 20.2. The number of nitrogens with zero attached hydrogens (tertiary/aromatic N) is 1. The van der Waals surface area contributed by atoms with Crippen molar-refractivity contribution in [3.8, 4) is 17.6 Å². The Bertz CT molecular complexity index is 1280. The number of halogens is 3. The molecule has 9 heteroatoms. The predicted molar refractivity (Wildman–Crippen MR) is 131 cm³/mol. The first-order valence-electron chi connectivity index (χ1n) is 9.35. The molecule has 0 aliphatic heterocycles. The molecule has 3 rings (SSSR count). The number of anilines is 1. The number of benzene rings is 3. The third-order valence-electron chi connectivity index (χ3n) is 4.36. The first-order valence-corrected chi connectivity index (χ1v) is 10.9. The number of methoxy groups -OCH3 is 1. The zero-order chi connectivity index (χ0) is 24.0. The number of hydrogen-bond donors (Lipinski definition) is 1. The Morgan fingerprint density at radius 1 is 1.09 bits per heavy atom. The Hall–Kier alpha value is -3.31. The van der Waals surface area contributed by atoms with Crippen molar-refractivity contribution < 1.29 is 19.1 Å². The van der Waals surface area contributed by atoms with Crippen LogP contribution in [0.3, 0.4) is 0 Å². The van der Waals surface area contributed by atoms with Crippen molar-refractivity contribution in [1.29, 1.82) is 5.26 Å². The summed E-state index contributed by atoms with van der Waals surface area (Å²) in [7, 11) is 1.52. The molecule has 0 saturated carbocycles. The molecule has 0 fully saturated rings. The van der Waals surface area contributed by atoms with Gasteiger partial charge in [-0.15, -0.1) is 0 Å². The number of nitriles is 1. The number of amides is 1. The molecule has 0 atom stereocenters. The van der Waals surface area contributed by atoms with Gasteiger partial charge in [0.05, 0.1) is 28.4 Å². The molecule has 0 heterocycles. The molecule has 33 heavy (non-hydrogen) atoms. The SMILES string of the molecule is COc1ccc(C(=O)Oc2ccc(Br)cc2/C=C(\C#N)C(=O)Nc2cccc(Cl)c2Cl)cc1. The lowest BCUT2D eigenvalue weighted by molar-refractivity contribution is -0.112. The first-order chi connectivity index (χ1) is 15.8. The largest absolute Gasteiger partial charge is 0.497 e. The molecule has 0 aromatic heterocycles. The number of nitrogens with one attached hydrogen (secondary N) is 1. The van der Waals surface area contributed by atoms with E-state index in [1.807, 2.05) is 6.07 Å². The van der Waals surface area contributed by atoms with E-state index < -0.39 is 11.9 Å². The fraction of sp³-hybridized carbons (Fsp3) is 0.0417. The first kappa shape index (κ1) is 24.3. The second-order valence-corrected chi connectivity index (χ2v) is 8.23. The highest BCUT2D eigenvalue weighted by Crippen LogP contribution is 2.30. The van der Waals surface area contributed by atoms with Gasteiger partial charge in [0.1, 0.15) is 23.1 Å². The number of rotatable bonds is 6. The van der Waals surface area contributed by atoms with E-state index in [9.17, 15) is 14.9 Å². The molecule has 166 valence electrons. The summed E-state index contributed by atoms with van der Waals surface area (Å²) in [6, 6.07) is 17.9. The molecule has 0 aliphatic carbocycles. The zero-order valence-electron chi connectivity index (χ0n) is 17.1. The van der Waals surface area contributed by atoms with Gasteiger partial charge >= 0.3 is 5.97 Å². The normalized spacial score (nSPS) is 10.8. The number of esters is 1. The standard InChI is InChI=1S/C24H15BrCl2N2O4/c1-32-18-8-5-14(6-9-18)24(31)33-21-10-7-17(25)12-15(21)11-16(13-28)23(30)29-20-4-2-3-19(26)22(20)27/h2-12H,1H3,(H,29,30)/b16-11+. The van der Waals surface area contributed by atoms with E-state index in [-0.39, 0.29) is 27.1 Å².